The quantitative estimate of drug-likeness (QED) is 0.650. The van der Waals surface area contributed by atoms with Gasteiger partial charge in [0.25, 0.3) is 0 Å². The van der Waals surface area contributed by atoms with Crippen LogP contribution in [0.3, 0.4) is 0 Å². The van der Waals surface area contributed by atoms with Gasteiger partial charge in [-0.25, -0.2) is 9.18 Å². The first kappa shape index (κ1) is 25.0. The van der Waals surface area contributed by atoms with Crippen molar-refractivity contribution in [3.05, 3.63) is 65.7 Å². The van der Waals surface area contributed by atoms with E-state index in [0.29, 0.717) is 13.0 Å². The Kier molecular flexibility index (Phi) is 7.96. The number of hydrogen-bond donors (Lipinski definition) is 1. The number of carboxylic acids is 1. The highest BCUT2D eigenvalue weighted by molar-refractivity contribution is 8.01. The largest absolute Gasteiger partial charge is 0.490 e. The summed E-state index contributed by atoms with van der Waals surface area (Å²) in [6.45, 7) is 2.18. The molecule has 2 aliphatic rings. The standard InChI is InChI=1S/C20H21FN2O2S.C2HF3O2/c21-17-3-1-15(2-4-17)9-19(24)23-13-20(14-23)10-18(12-26-20)25-11-16-5-7-22-8-6-16;3-2(4,5)1(6)7/h1-8,18H,9-14H2;(H,6,7). The molecule has 1 unspecified atom stereocenters. The number of pyridine rings is 1. The van der Waals surface area contributed by atoms with Crippen LogP contribution in [0.4, 0.5) is 17.6 Å². The number of amides is 1. The molecule has 0 saturated carbocycles. The third kappa shape index (κ3) is 7.16. The molecule has 4 rings (SSSR count). The van der Waals surface area contributed by atoms with Gasteiger partial charge >= 0.3 is 12.1 Å². The first-order chi connectivity index (χ1) is 15.6. The summed E-state index contributed by atoms with van der Waals surface area (Å²) in [5, 5.41) is 7.12. The Morgan fingerprint density at radius 2 is 1.73 bits per heavy atom. The molecule has 178 valence electrons. The van der Waals surface area contributed by atoms with E-state index in [4.69, 9.17) is 14.6 Å². The Morgan fingerprint density at radius 3 is 2.30 bits per heavy atom. The summed E-state index contributed by atoms with van der Waals surface area (Å²) in [6, 6.07) is 10.1. The van der Waals surface area contributed by atoms with Crippen LogP contribution in [0.2, 0.25) is 0 Å². The van der Waals surface area contributed by atoms with Crippen molar-refractivity contribution in [1.29, 1.82) is 0 Å². The predicted octanol–water partition coefficient (Wildman–Crippen LogP) is 3.70. The first-order valence-corrected chi connectivity index (χ1v) is 11.0. The molecule has 0 aliphatic carbocycles. The number of halogens is 4. The van der Waals surface area contributed by atoms with Crippen LogP contribution in [0, 0.1) is 5.82 Å². The number of carbonyl (C=O) groups is 2. The maximum absolute atomic E-state index is 13.0. The molecule has 6 nitrogen and oxygen atoms in total. The average Bonchev–Trinajstić information content (AvgIpc) is 3.18. The van der Waals surface area contributed by atoms with Crippen LogP contribution in [-0.2, 0) is 27.4 Å². The number of alkyl halides is 3. The highest BCUT2D eigenvalue weighted by atomic mass is 32.2. The number of rotatable bonds is 5. The topological polar surface area (TPSA) is 79.7 Å². The van der Waals surface area contributed by atoms with Crippen molar-refractivity contribution in [2.24, 2.45) is 0 Å². The number of ether oxygens (including phenoxy) is 1. The lowest BCUT2D eigenvalue weighted by Crippen LogP contribution is -2.61. The van der Waals surface area contributed by atoms with E-state index in [1.165, 1.54) is 12.1 Å². The summed E-state index contributed by atoms with van der Waals surface area (Å²) in [5.74, 6) is -1.94. The fraction of sp³-hybridized carbons (Fsp3) is 0.409. The van der Waals surface area contributed by atoms with Crippen molar-refractivity contribution < 1.29 is 37.0 Å². The normalized spacial score (nSPS) is 18.9. The number of carbonyl (C=O) groups excluding carboxylic acids is 1. The lowest BCUT2D eigenvalue weighted by molar-refractivity contribution is -0.192. The van der Waals surface area contributed by atoms with E-state index in [1.807, 2.05) is 28.8 Å². The van der Waals surface area contributed by atoms with Gasteiger partial charge < -0.3 is 14.7 Å². The molecule has 1 aromatic carbocycles. The van der Waals surface area contributed by atoms with E-state index in [9.17, 15) is 22.4 Å². The number of benzene rings is 1. The minimum Gasteiger partial charge on any atom is -0.475 e. The molecule has 2 fully saturated rings. The zero-order valence-corrected chi connectivity index (χ0v) is 18.2. The van der Waals surface area contributed by atoms with Crippen LogP contribution in [0.1, 0.15) is 17.5 Å². The lowest BCUT2D eigenvalue weighted by atomic mass is 9.92. The van der Waals surface area contributed by atoms with Crippen molar-refractivity contribution >= 4 is 23.6 Å². The summed E-state index contributed by atoms with van der Waals surface area (Å²) in [5.41, 5.74) is 1.99. The average molecular weight is 486 g/mol. The van der Waals surface area contributed by atoms with Crippen LogP contribution < -0.4 is 0 Å². The summed E-state index contributed by atoms with van der Waals surface area (Å²) >= 11 is 1.92. The zero-order valence-electron chi connectivity index (χ0n) is 17.4. The van der Waals surface area contributed by atoms with E-state index in [2.05, 4.69) is 4.98 Å². The van der Waals surface area contributed by atoms with Gasteiger partial charge in [-0.05, 0) is 41.8 Å². The number of aromatic nitrogens is 1. The molecular formula is C22H22F4N2O4S. The second kappa shape index (κ2) is 10.5. The molecule has 1 N–H and O–H groups in total. The van der Waals surface area contributed by atoms with Gasteiger partial charge in [0, 0.05) is 31.2 Å². The molecule has 2 saturated heterocycles. The molecule has 1 aromatic heterocycles. The van der Waals surface area contributed by atoms with Gasteiger partial charge in [0.1, 0.15) is 5.82 Å². The van der Waals surface area contributed by atoms with Crippen molar-refractivity contribution in [3.8, 4) is 0 Å². The summed E-state index contributed by atoms with van der Waals surface area (Å²) in [7, 11) is 0. The van der Waals surface area contributed by atoms with Crippen molar-refractivity contribution in [2.45, 2.75) is 36.5 Å². The van der Waals surface area contributed by atoms with Crippen molar-refractivity contribution in [1.82, 2.24) is 9.88 Å². The number of likely N-dealkylation sites (tertiary alicyclic amines) is 1. The van der Waals surface area contributed by atoms with Gasteiger partial charge in [0.15, 0.2) is 0 Å². The molecule has 0 bridgehead atoms. The smallest absolute Gasteiger partial charge is 0.475 e. The van der Waals surface area contributed by atoms with Gasteiger partial charge in [-0.3, -0.25) is 9.78 Å². The Labute approximate surface area is 191 Å². The second-order valence-electron chi connectivity index (χ2n) is 7.84. The number of hydrogen-bond acceptors (Lipinski definition) is 5. The number of nitrogens with zero attached hydrogens (tertiary/aromatic N) is 2. The van der Waals surface area contributed by atoms with Crippen LogP contribution in [0.25, 0.3) is 0 Å². The molecule has 11 heteroatoms. The number of aliphatic carboxylic acids is 1. The Balaban J connectivity index is 0.000000383. The second-order valence-corrected chi connectivity index (χ2v) is 9.33. The van der Waals surface area contributed by atoms with Crippen LogP contribution in [0.15, 0.2) is 48.8 Å². The van der Waals surface area contributed by atoms with Crippen LogP contribution in [-0.4, -0.2) is 62.7 Å². The van der Waals surface area contributed by atoms with Gasteiger partial charge in [0.2, 0.25) is 5.91 Å². The minimum atomic E-state index is -5.08. The lowest BCUT2D eigenvalue weighted by Gasteiger charge is -2.47. The van der Waals surface area contributed by atoms with Crippen LogP contribution in [0.5, 0.6) is 0 Å². The maximum atomic E-state index is 13.0. The van der Waals surface area contributed by atoms with Gasteiger partial charge in [-0.15, -0.1) is 11.8 Å². The third-order valence-electron chi connectivity index (χ3n) is 5.23. The molecule has 33 heavy (non-hydrogen) atoms. The summed E-state index contributed by atoms with van der Waals surface area (Å²) in [4.78, 5) is 27.2. The molecule has 1 atom stereocenters. The van der Waals surface area contributed by atoms with Crippen molar-refractivity contribution in [2.75, 3.05) is 18.8 Å². The SMILES string of the molecule is O=C(Cc1ccc(F)cc1)N1CC2(CC(OCc3ccncc3)CS2)C1.O=C(O)C(F)(F)F. The molecule has 0 radical (unpaired) electrons. The van der Waals surface area contributed by atoms with E-state index in [1.54, 1.807) is 24.5 Å². The fourth-order valence-corrected chi connectivity index (χ4v) is 5.09. The fourth-order valence-electron chi connectivity index (χ4n) is 3.54. The summed E-state index contributed by atoms with van der Waals surface area (Å²) < 4.78 is 50.9. The molecule has 1 amide bonds. The van der Waals surface area contributed by atoms with Gasteiger partial charge in [-0.1, -0.05) is 12.1 Å². The number of carboxylic acid groups (broad SMARTS) is 1. The molecule has 1 spiro atoms. The Bertz CT molecular complexity index is 951. The predicted molar refractivity (Wildman–Crippen MR) is 113 cm³/mol. The van der Waals surface area contributed by atoms with E-state index >= 15 is 0 Å². The third-order valence-corrected chi connectivity index (χ3v) is 6.81. The first-order valence-electron chi connectivity index (χ1n) is 10.0. The number of thioether (sulfide) groups is 1. The van der Waals surface area contributed by atoms with E-state index < -0.39 is 12.1 Å². The van der Waals surface area contributed by atoms with Gasteiger partial charge in [-0.2, -0.15) is 13.2 Å². The molecular weight excluding hydrogens is 464 g/mol. The van der Waals surface area contributed by atoms with E-state index in [0.717, 1.165) is 36.4 Å². The maximum Gasteiger partial charge on any atom is 0.490 e. The van der Waals surface area contributed by atoms with Crippen molar-refractivity contribution in [3.63, 3.8) is 0 Å². The monoisotopic (exact) mass is 486 g/mol. The molecule has 2 aromatic rings. The van der Waals surface area contributed by atoms with Crippen LogP contribution >= 0.6 is 11.8 Å². The molecule has 2 aliphatic heterocycles. The van der Waals surface area contributed by atoms with E-state index in [-0.39, 0.29) is 22.6 Å². The Hall–Kier alpha value is -2.66. The summed E-state index contributed by atoms with van der Waals surface area (Å²) in [6.07, 6.45) is 0.0364. The minimum absolute atomic E-state index is 0.115. The Morgan fingerprint density at radius 1 is 1.12 bits per heavy atom. The van der Waals surface area contributed by atoms with Gasteiger partial charge in [0.05, 0.1) is 23.9 Å². The highest BCUT2D eigenvalue weighted by Crippen LogP contribution is 2.46. The molecule has 3 heterocycles. The highest BCUT2D eigenvalue weighted by Gasteiger charge is 2.50. The zero-order chi connectivity index (χ0) is 24.1.